The molecule has 0 aliphatic heterocycles. The number of aromatic nitrogens is 1. The van der Waals surface area contributed by atoms with E-state index in [9.17, 15) is 20.6 Å². The van der Waals surface area contributed by atoms with Crippen LogP contribution in [0, 0.1) is 39.7 Å². The average molecular weight is 378 g/mol. The Morgan fingerprint density at radius 3 is 2.59 bits per heavy atom. The fourth-order valence-corrected chi connectivity index (χ4v) is 3.28. The van der Waals surface area contributed by atoms with E-state index in [1.54, 1.807) is 19.9 Å². The highest BCUT2D eigenvalue weighted by molar-refractivity contribution is 6.32. The van der Waals surface area contributed by atoms with Crippen LogP contribution in [0.1, 0.15) is 34.9 Å². The SMILES string of the molecule is CC1=C(C#N)c2nc(N)c(C#N)c(C)c2/C1=C\c1cc([N+](=O)[O-])ccc1Cl. The van der Waals surface area contributed by atoms with Crippen molar-refractivity contribution in [3.63, 3.8) is 0 Å². The molecule has 0 radical (unpaired) electrons. The highest BCUT2D eigenvalue weighted by Gasteiger charge is 2.29. The highest BCUT2D eigenvalue weighted by atomic mass is 35.5. The van der Waals surface area contributed by atoms with E-state index in [0.717, 1.165) is 0 Å². The average Bonchev–Trinajstić information content (AvgIpc) is 2.88. The first-order valence-electron chi connectivity index (χ1n) is 7.78. The number of fused-ring (bicyclic) bond motifs is 1. The van der Waals surface area contributed by atoms with Gasteiger partial charge in [-0.2, -0.15) is 10.5 Å². The quantitative estimate of drug-likeness (QED) is 0.614. The number of halogens is 1. The Hall–Kier alpha value is -3.68. The maximum atomic E-state index is 11.1. The number of nitrogens with two attached hydrogens (primary N) is 1. The summed E-state index contributed by atoms with van der Waals surface area (Å²) in [5, 5.41) is 30.3. The first kappa shape index (κ1) is 18.1. The van der Waals surface area contributed by atoms with Crippen LogP contribution in [0.5, 0.6) is 0 Å². The second-order valence-corrected chi connectivity index (χ2v) is 6.37. The molecule has 8 heteroatoms. The number of nitriles is 2. The number of nitrogen functional groups attached to an aromatic ring is 1. The molecule has 2 aromatic rings. The summed E-state index contributed by atoms with van der Waals surface area (Å²) in [6.45, 7) is 3.48. The van der Waals surface area contributed by atoms with E-state index >= 15 is 0 Å². The standard InChI is InChI=1S/C19H12ClN5O2/c1-9-13(6-11-5-12(25(26)27)3-4-16(11)20)17-10(2)15(8-22)19(23)24-18(17)14(9)7-21/h3-6H,1-2H3,(H2,23,24)/b13-6-. The molecule has 0 saturated heterocycles. The Bertz CT molecular complexity index is 1170. The molecule has 0 bridgehead atoms. The number of allylic oxidation sites excluding steroid dienone is 3. The van der Waals surface area contributed by atoms with Crippen LogP contribution in [0.4, 0.5) is 11.5 Å². The third-order valence-corrected chi connectivity index (χ3v) is 4.82. The predicted molar refractivity (Wildman–Crippen MR) is 102 cm³/mol. The van der Waals surface area contributed by atoms with Crippen LogP contribution in [0.25, 0.3) is 17.2 Å². The molecule has 0 amide bonds. The van der Waals surface area contributed by atoms with Crippen LogP contribution in [-0.4, -0.2) is 9.91 Å². The lowest BCUT2D eigenvalue weighted by Gasteiger charge is -2.11. The van der Waals surface area contributed by atoms with Crippen molar-refractivity contribution in [3.05, 3.63) is 66.9 Å². The second kappa shape index (κ2) is 6.56. The normalized spacial score (nSPS) is 14.0. The first-order chi connectivity index (χ1) is 12.8. The number of pyridine rings is 1. The van der Waals surface area contributed by atoms with E-state index in [4.69, 9.17) is 17.3 Å². The van der Waals surface area contributed by atoms with Crippen molar-refractivity contribution >= 4 is 40.3 Å². The molecule has 3 rings (SSSR count). The van der Waals surface area contributed by atoms with Crippen LogP contribution in [0.2, 0.25) is 5.02 Å². The molecule has 2 N–H and O–H groups in total. The van der Waals surface area contributed by atoms with E-state index in [1.165, 1.54) is 18.2 Å². The number of anilines is 1. The van der Waals surface area contributed by atoms with Crippen LogP contribution in [0.3, 0.4) is 0 Å². The lowest BCUT2D eigenvalue weighted by Crippen LogP contribution is -2.03. The Kier molecular flexibility index (Phi) is 4.40. The van der Waals surface area contributed by atoms with Gasteiger partial charge in [-0.15, -0.1) is 0 Å². The van der Waals surface area contributed by atoms with E-state index in [0.29, 0.717) is 44.1 Å². The zero-order valence-corrected chi connectivity index (χ0v) is 15.1. The van der Waals surface area contributed by atoms with Crippen molar-refractivity contribution in [1.82, 2.24) is 4.98 Å². The lowest BCUT2D eigenvalue weighted by molar-refractivity contribution is -0.384. The summed E-state index contributed by atoms with van der Waals surface area (Å²) in [6.07, 6.45) is 1.67. The summed E-state index contributed by atoms with van der Waals surface area (Å²) in [5.41, 5.74) is 9.64. The van der Waals surface area contributed by atoms with Crippen LogP contribution in [-0.2, 0) is 0 Å². The molecule has 1 aliphatic rings. The first-order valence-corrected chi connectivity index (χ1v) is 8.15. The number of hydrogen-bond acceptors (Lipinski definition) is 6. The van der Waals surface area contributed by atoms with Crippen LogP contribution >= 0.6 is 11.6 Å². The molecule has 0 spiro atoms. The maximum absolute atomic E-state index is 11.1. The number of hydrogen-bond donors (Lipinski definition) is 1. The van der Waals surface area contributed by atoms with Crippen molar-refractivity contribution in [1.29, 1.82) is 10.5 Å². The number of rotatable bonds is 2. The van der Waals surface area contributed by atoms with Gasteiger partial charge in [-0.1, -0.05) is 11.6 Å². The zero-order valence-electron chi connectivity index (χ0n) is 14.4. The van der Waals surface area contributed by atoms with E-state index in [2.05, 4.69) is 11.1 Å². The van der Waals surface area contributed by atoms with Crippen molar-refractivity contribution in [2.75, 3.05) is 5.73 Å². The summed E-state index contributed by atoms with van der Waals surface area (Å²) in [7, 11) is 0. The molecule has 132 valence electrons. The van der Waals surface area contributed by atoms with Gasteiger partial charge in [0, 0.05) is 28.3 Å². The smallest absolute Gasteiger partial charge is 0.270 e. The molecular weight excluding hydrogens is 366 g/mol. The Labute approximate surface area is 159 Å². The summed E-state index contributed by atoms with van der Waals surface area (Å²) >= 11 is 6.21. The van der Waals surface area contributed by atoms with E-state index in [-0.39, 0.29) is 17.1 Å². The zero-order chi connectivity index (χ0) is 19.9. The summed E-state index contributed by atoms with van der Waals surface area (Å²) in [4.78, 5) is 14.8. The van der Waals surface area contributed by atoms with Crippen molar-refractivity contribution in [3.8, 4) is 12.1 Å². The topological polar surface area (TPSA) is 130 Å². The summed E-state index contributed by atoms with van der Waals surface area (Å²) in [6, 6.07) is 8.27. The van der Waals surface area contributed by atoms with Gasteiger partial charge in [0.1, 0.15) is 18.0 Å². The molecule has 1 aromatic carbocycles. The molecule has 1 aliphatic carbocycles. The molecule has 7 nitrogen and oxygen atoms in total. The van der Waals surface area contributed by atoms with Crippen LogP contribution < -0.4 is 5.73 Å². The van der Waals surface area contributed by atoms with Crippen molar-refractivity contribution in [2.45, 2.75) is 13.8 Å². The van der Waals surface area contributed by atoms with Gasteiger partial charge in [0.15, 0.2) is 0 Å². The molecular formula is C19H12ClN5O2. The monoisotopic (exact) mass is 377 g/mol. The van der Waals surface area contributed by atoms with Gasteiger partial charge >= 0.3 is 0 Å². The van der Waals surface area contributed by atoms with Gasteiger partial charge in [-0.3, -0.25) is 10.1 Å². The molecule has 1 aromatic heterocycles. The van der Waals surface area contributed by atoms with Crippen molar-refractivity contribution < 1.29 is 4.92 Å². The van der Waals surface area contributed by atoms with Gasteiger partial charge in [0.2, 0.25) is 0 Å². The third kappa shape index (κ3) is 2.80. The van der Waals surface area contributed by atoms with Gasteiger partial charge < -0.3 is 5.73 Å². The Morgan fingerprint density at radius 1 is 1.30 bits per heavy atom. The summed E-state index contributed by atoms with van der Waals surface area (Å²) < 4.78 is 0. The fraction of sp³-hybridized carbons (Fsp3) is 0.105. The highest BCUT2D eigenvalue weighted by Crippen LogP contribution is 2.44. The largest absolute Gasteiger partial charge is 0.383 e. The number of nitrogens with zero attached hydrogens (tertiary/aromatic N) is 4. The van der Waals surface area contributed by atoms with Gasteiger partial charge in [-0.25, -0.2) is 4.98 Å². The Morgan fingerprint density at radius 2 is 2.00 bits per heavy atom. The number of nitro groups is 1. The fourth-order valence-electron chi connectivity index (χ4n) is 3.11. The van der Waals surface area contributed by atoms with E-state index < -0.39 is 4.92 Å². The minimum absolute atomic E-state index is 0.0592. The predicted octanol–water partition coefficient (Wildman–Crippen LogP) is 4.26. The minimum atomic E-state index is -0.508. The van der Waals surface area contributed by atoms with Gasteiger partial charge in [0.25, 0.3) is 5.69 Å². The van der Waals surface area contributed by atoms with Gasteiger partial charge in [-0.05, 0) is 42.7 Å². The van der Waals surface area contributed by atoms with E-state index in [1.807, 2.05) is 6.07 Å². The number of non-ortho nitro benzene ring substituents is 1. The maximum Gasteiger partial charge on any atom is 0.270 e. The lowest BCUT2D eigenvalue weighted by atomic mass is 9.95. The number of benzene rings is 1. The molecule has 27 heavy (non-hydrogen) atoms. The molecule has 1 heterocycles. The molecule has 0 atom stereocenters. The molecule has 0 unspecified atom stereocenters. The number of nitro benzene ring substituents is 1. The molecule has 0 fully saturated rings. The summed E-state index contributed by atoms with van der Waals surface area (Å²) in [5.74, 6) is 0.0592. The third-order valence-electron chi connectivity index (χ3n) is 4.47. The Balaban J connectivity index is 2.34. The van der Waals surface area contributed by atoms with Gasteiger partial charge in [0.05, 0.1) is 21.8 Å². The minimum Gasteiger partial charge on any atom is -0.383 e. The van der Waals surface area contributed by atoms with Crippen LogP contribution in [0.15, 0.2) is 23.8 Å². The van der Waals surface area contributed by atoms with Crippen molar-refractivity contribution in [2.24, 2.45) is 0 Å². The second-order valence-electron chi connectivity index (χ2n) is 5.97. The molecule has 0 saturated carbocycles.